The van der Waals surface area contributed by atoms with Crippen LogP contribution in [0.15, 0.2) is 48.1 Å². The fourth-order valence-electron chi connectivity index (χ4n) is 3.26. The predicted molar refractivity (Wildman–Crippen MR) is 125 cm³/mol. The molecule has 33 heavy (non-hydrogen) atoms. The molecular weight excluding hydrogens is 423 g/mol. The van der Waals surface area contributed by atoms with E-state index in [-0.39, 0.29) is 18.8 Å². The Bertz CT molecular complexity index is 1040. The number of carboxylic acids is 1. The van der Waals surface area contributed by atoms with Gasteiger partial charge in [-0.3, -0.25) is 0 Å². The van der Waals surface area contributed by atoms with Crippen molar-refractivity contribution in [1.82, 2.24) is 10.3 Å². The van der Waals surface area contributed by atoms with Crippen molar-refractivity contribution in [3.63, 3.8) is 0 Å². The number of hydrogen-bond acceptors (Lipinski definition) is 6. The van der Waals surface area contributed by atoms with Crippen LogP contribution in [-0.2, 0) is 20.7 Å². The fourth-order valence-corrected chi connectivity index (χ4v) is 3.26. The van der Waals surface area contributed by atoms with Crippen LogP contribution in [-0.4, -0.2) is 47.0 Å². The lowest BCUT2D eigenvalue weighted by Crippen LogP contribution is -2.41. The molecule has 174 valence electrons. The summed E-state index contributed by atoms with van der Waals surface area (Å²) in [5.41, 5.74) is 1.59. The quantitative estimate of drug-likeness (QED) is 0.611. The number of rotatable bonds is 7. The van der Waals surface area contributed by atoms with Gasteiger partial charge in [0.15, 0.2) is 5.69 Å². The molecule has 1 aromatic heterocycles. The van der Waals surface area contributed by atoms with E-state index < -0.39 is 30.4 Å². The zero-order chi connectivity index (χ0) is 24.2. The van der Waals surface area contributed by atoms with Gasteiger partial charge in [0.05, 0.1) is 11.2 Å². The molecule has 0 unspecified atom stereocenters. The van der Waals surface area contributed by atoms with Crippen LogP contribution in [0.2, 0.25) is 0 Å². The maximum Gasteiger partial charge on any atom is 0.492 e. The standard InChI is InChI=1S/C24H29BN2O6/c1-16-11-18(13-26-20(16)21(28)29)12-19(25-32-23(2,3)24(4,5)33-25)14-27-22(30)31-15-17-9-7-6-8-10-17/h6-13H,14-15H2,1-5H3,(H,27,30)(H,28,29). The van der Waals surface area contributed by atoms with Gasteiger partial charge in [-0.05, 0) is 62.8 Å². The average Bonchev–Trinajstić information content (AvgIpc) is 2.97. The summed E-state index contributed by atoms with van der Waals surface area (Å²) in [6, 6.07) is 11.1. The first-order chi connectivity index (χ1) is 15.5. The minimum atomic E-state index is -1.09. The Hall–Kier alpha value is -3.17. The molecule has 0 radical (unpaired) electrons. The van der Waals surface area contributed by atoms with Crippen molar-refractivity contribution in [2.45, 2.75) is 52.4 Å². The number of carbonyl (C=O) groups excluding carboxylic acids is 1. The van der Waals surface area contributed by atoms with E-state index >= 15 is 0 Å². The second kappa shape index (κ2) is 9.76. The first-order valence-electron chi connectivity index (χ1n) is 10.7. The molecule has 1 aliphatic rings. The first-order valence-corrected chi connectivity index (χ1v) is 10.7. The number of benzene rings is 1. The highest BCUT2D eigenvalue weighted by atomic mass is 16.7. The van der Waals surface area contributed by atoms with Crippen LogP contribution in [0.4, 0.5) is 4.79 Å². The molecule has 1 saturated heterocycles. The van der Waals surface area contributed by atoms with E-state index in [4.69, 9.17) is 14.0 Å². The smallest absolute Gasteiger partial charge is 0.477 e. The topological polar surface area (TPSA) is 107 Å². The Morgan fingerprint density at radius 2 is 1.79 bits per heavy atom. The maximum absolute atomic E-state index is 12.3. The predicted octanol–water partition coefficient (Wildman–Crippen LogP) is 4.03. The van der Waals surface area contributed by atoms with Crippen molar-refractivity contribution in [3.8, 4) is 0 Å². The average molecular weight is 452 g/mol. The molecular formula is C24H29BN2O6. The van der Waals surface area contributed by atoms with Crippen LogP contribution in [0.1, 0.15) is 54.9 Å². The summed E-state index contributed by atoms with van der Waals surface area (Å²) < 4.78 is 17.6. The van der Waals surface area contributed by atoms with Crippen LogP contribution in [0.5, 0.6) is 0 Å². The zero-order valence-corrected chi connectivity index (χ0v) is 19.5. The molecule has 0 spiro atoms. The van der Waals surface area contributed by atoms with Crippen LogP contribution in [0.25, 0.3) is 6.08 Å². The number of amides is 1. The van der Waals surface area contributed by atoms with Gasteiger partial charge in [-0.1, -0.05) is 36.4 Å². The fraction of sp³-hybridized carbons (Fsp3) is 0.375. The Balaban J connectivity index is 1.77. The molecule has 1 fully saturated rings. The molecule has 1 aromatic carbocycles. The SMILES string of the molecule is Cc1cc(C=C(CNC(=O)OCc2ccccc2)B2OC(C)(C)C(C)(C)O2)cnc1C(=O)O. The monoisotopic (exact) mass is 452 g/mol. The van der Waals surface area contributed by atoms with Crippen molar-refractivity contribution in [3.05, 3.63) is 70.5 Å². The van der Waals surface area contributed by atoms with Crippen molar-refractivity contribution < 1.29 is 28.7 Å². The third-order valence-electron chi connectivity index (χ3n) is 5.86. The number of hydrogen-bond donors (Lipinski definition) is 2. The summed E-state index contributed by atoms with van der Waals surface area (Å²) in [4.78, 5) is 27.6. The lowest BCUT2D eigenvalue weighted by atomic mass is 9.77. The molecule has 0 saturated carbocycles. The highest BCUT2D eigenvalue weighted by molar-refractivity contribution is 6.56. The number of ether oxygens (including phenoxy) is 1. The molecule has 2 N–H and O–H groups in total. The largest absolute Gasteiger partial charge is 0.492 e. The normalized spacial score (nSPS) is 17.0. The third-order valence-corrected chi connectivity index (χ3v) is 5.86. The molecule has 1 aliphatic heterocycles. The van der Waals surface area contributed by atoms with Gasteiger partial charge in [0.1, 0.15) is 6.61 Å². The molecule has 2 aromatic rings. The summed E-state index contributed by atoms with van der Waals surface area (Å²) in [5.74, 6) is -1.09. The van der Waals surface area contributed by atoms with Gasteiger partial charge in [-0.2, -0.15) is 0 Å². The van der Waals surface area contributed by atoms with Gasteiger partial charge in [-0.25, -0.2) is 14.6 Å². The van der Waals surface area contributed by atoms with E-state index in [1.54, 1.807) is 19.1 Å². The Morgan fingerprint density at radius 1 is 1.15 bits per heavy atom. The Kier molecular flexibility index (Phi) is 7.24. The van der Waals surface area contributed by atoms with E-state index in [1.165, 1.54) is 6.20 Å². The van der Waals surface area contributed by atoms with Gasteiger partial charge < -0.3 is 24.5 Å². The zero-order valence-electron chi connectivity index (χ0n) is 19.5. The van der Waals surface area contributed by atoms with Crippen molar-refractivity contribution >= 4 is 25.3 Å². The van der Waals surface area contributed by atoms with Gasteiger partial charge >= 0.3 is 19.2 Å². The molecule has 9 heteroatoms. The van der Waals surface area contributed by atoms with Crippen LogP contribution < -0.4 is 5.32 Å². The van der Waals surface area contributed by atoms with Gasteiger partial charge in [0.25, 0.3) is 0 Å². The van der Waals surface area contributed by atoms with E-state index in [0.29, 0.717) is 16.6 Å². The Labute approximate surface area is 194 Å². The minimum absolute atomic E-state index is 0.00746. The third kappa shape index (κ3) is 6.00. The highest BCUT2D eigenvalue weighted by Gasteiger charge is 2.52. The van der Waals surface area contributed by atoms with E-state index in [1.807, 2.05) is 58.0 Å². The molecule has 2 heterocycles. The second-order valence-electron chi connectivity index (χ2n) is 8.96. The summed E-state index contributed by atoms with van der Waals surface area (Å²) in [6.45, 7) is 9.73. The van der Waals surface area contributed by atoms with Crippen LogP contribution in [0, 0.1) is 6.92 Å². The lowest BCUT2D eigenvalue weighted by Gasteiger charge is -2.32. The second-order valence-corrected chi connectivity index (χ2v) is 8.96. The highest BCUT2D eigenvalue weighted by Crippen LogP contribution is 2.38. The van der Waals surface area contributed by atoms with E-state index in [2.05, 4.69) is 10.3 Å². The molecule has 0 bridgehead atoms. The molecule has 8 nitrogen and oxygen atoms in total. The summed E-state index contributed by atoms with van der Waals surface area (Å²) in [6.07, 6.45) is 2.68. The van der Waals surface area contributed by atoms with Gasteiger partial charge in [-0.15, -0.1) is 0 Å². The lowest BCUT2D eigenvalue weighted by molar-refractivity contribution is 0.00578. The van der Waals surface area contributed by atoms with Crippen molar-refractivity contribution in [2.75, 3.05) is 6.54 Å². The van der Waals surface area contributed by atoms with Gasteiger partial charge in [0, 0.05) is 12.7 Å². The number of aromatic carboxylic acids is 1. The number of nitrogens with zero attached hydrogens (tertiary/aromatic N) is 1. The number of aryl methyl sites for hydroxylation is 1. The maximum atomic E-state index is 12.3. The summed E-state index contributed by atoms with van der Waals surface area (Å²) in [7, 11) is -0.705. The number of carboxylic acid groups (broad SMARTS) is 1. The molecule has 0 aliphatic carbocycles. The number of aromatic nitrogens is 1. The van der Waals surface area contributed by atoms with E-state index in [9.17, 15) is 14.7 Å². The number of alkyl carbamates (subject to hydrolysis) is 1. The first kappa shape index (κ1) is 24.5. The van der Waals surface area contributed by atoms with Gasteiger partial charge in [0.2, 0.25) is 0 Å². The molecule has 1 amide bonds. The molecule has 3 rings (SSSR count). The number of nitrogens with one attached hydrogen (secondary N) is 1. The van der Waals surface area contributed by atoms with Crippen LogP contribution in [0.3, 0.4) is 0 Å². The van der Waals surface area contributed by atoms with Crippen molar-refractivity contribution in [1.29, 1.82) is 0 Å². The minimum Gasteiger partial charge on any atom is -0.477 e. The van der Waals surface area contributed by atoms with Crippen LogP contribution >= 0.6 is 0 Å². The number of carbonyl (C=O) groups is 2. The van der Waals surface area contributed by atoms with Crippen molar-refractivity contribution in [2.24, 2.45) is 0 Å². The Morgan fingerprint density at radius 3 is 2.36 bits per heavy atom. The number of pyridine rings is 1. The van der Waals surface area contributed by atoms with E-state index in [0.717, 1.165) is 5.56 Å². The molecule has 0 atom stereocenters. The summed E-state index contributed by atoms with van der Waals surface area (Å²) in [5, 5.41) is 12.0. The summed E-state index contributed by atoms with van der Waals surface area (Å²) >= 11 is 0.